The quantitative estimate of drug-likeness (QED) is 0.565. The standard InChI is InChI=1S/C22H26F2O/c1-16-2-4-17(5-3-16)6-7-18-8-10-19(11-9-18)20-12-14-21(15-13-20)25-22(23)24/h8-17,22H,2-7H2,1H3/t16-,17-. The van der Waals surface area contributed by atoms with Crippen LogP contribution in [0.4, 0.5) is 8.78 Å². The molecule has 0 N–H and O–H groups in total. The first-order valence-electron chi connectivity index (χ1n) is 9.24. The number of hydrogen-bond donors (Lipinski definition) is 0. The van der Waals surface area contributed by atoms with Gasteiger partial charge in [-0.15, -0.1) is 0 Å². The molecule has 0 unspecified atom stereocenters. The van der Waals surface area contributed by atoms with Gasteiger partial charge in [0.1, 0.15) is 5.75 Å². The molecule has 3 heteroatoms. The number of aryl methyl sites for hydroxylation is 1. The molecule has 0 bridgehead atoms. The van der Waals surface area contributed by atoms with E-state index in [4.69, 9.17) is 0 Å². The van der Waals surface area contributed by atoms with Crippen LogP contribution in [-0.4, -0.2) is 6.61 Å². The van der Waals surface area contributed by atoms with Crippen LogP contribution < -0.4 is 4.74 Å². The molecule has 0 aliphatic heterocycles. The Labute approximate surface area is 149 Å². The summed E-state index contributed by atoms with van der Waals surface area (Å²) in [5.41, 5.74) is 3.48. The Morgan fingerprint density at radius 3 is 2.00 bits per heavy atom. The average Bonchev–Trinajstić information content (AvgIpc) is 2.62. The molecule has 1 saturated carbocycles. The van der Waals surface area contributed by atoms with Crippen LogP contribution >= 0.6 is 0 Å². The third-order valence-corrected chi connectivity index (χ3v) is 5.34. The summed E-state index contributed by atoms with van der Waals surface area (Å²) < 4.78 is 28.8. The van der Waals surface area contributed by atoms with Crippen LogP contribution in [0.2, 0.25) is 0 Å². The fourth-order valence-electron chi connectivity index (χ4n) is 3.68. The molecule has 0 radical (unpaired) electrons. The van der Waals surface area contributed by atoms with E-state index in [9.17, 15) is 8.78 Å². The maximum atomic E-state index is 12.2. The first-order valence-corrected chi connectivity index (χ1v) is 9.24. The molecular formula is C22H26F2O. The highest BCUT2D eigenvalue weighted by Gasteiger charge is 2.17. The smallest absolute Gasteiger partial charge is 0.387 e. The molecular weight excluding hydrogens is 318 g/mol. The molecule has 0 aromatic heterocycles. The molecule has 3 rings (SSSR count). The molecule has 0 heterocycles. The summed E-state index contributed by atoms with van der Waals surface area (Å²) in [6.07, 6.45) is 7.95. The van der Waals surface area contributed by atoms with Gasteiger partial charge in [0.05, 0.1) is 0 Å². The number of alkyl halides is 2. The summed E-state index contributed by atoms with van der Waals surface area (Å²) in [6, 6.07) is 15.4. The molecule has 1 aliphatic carbocycles. The van der Waals surface area contributed by atoms with Crippen molar-refractivity contribution in [3.8, 4) is 16.9 Å². The minimum Gasteiger partial charge on any atom is -0.435 e. The van der Waals surface area contributed by atoms with Crippen molar-refractivity contribution in [3.63, 3.8) is 0 Å². The summed E-state index contributed by atoms with van der Waals surface area (Å²) in [7, 11) is 0. The molecule has 1 aliphatic rings. The maximum absolute atomic E-state index is 12.2. The SMILES string of the molecule is C[C@H]1CC[C@H](CCc2ccc(-c3ccc(OC(F)F)cc3)cc2)CC1. The van der Waals surface area contributed by atoms with E-state index in [1.54, 1.807) is 12.1 Å². The molecule has 134 valence electrons. The van der Waals surface area contributed by atoms with Gasteiger partial charge in [0.25, 0.3) is 0 Å². The van der Waals surface area contributed by atoms with Gasteiger partial charge in [0.2, 0.25) is 0 Å². The number of ether oxygens (including phenoxy) is 1. The van der Waals surface area contributed by atoms with E-state index in [0.717, 1.165) is 29.4 Å². The Balaban J connectivity index is 1.54. The summed E-state index contributed by atoms with van der Waals surface area (Å²) in [4.78, 5) is 0. The zero-order chi connectivity index (χ0) is 17.6. The van der Waals surface area contributed by atoms with Crippen molar-refractivity contribution in [1.29, 1.82) is 0 Å². The van der Waals surface area contributed by atoms with Gasteiger partial charge in [-0.2, -0.15) is 8.78 Å². The van der Waals surface area contributed by atoms with Gasteiger partial charge >= 0.3 is 6.61 Å². The normalized spacial score (nSPS) is 20.6. The third-order valence-electron chi connectivity index (χ3n) is 5.34. The van der Waals surface area contributed by atoms with Crippen molar-refractivity contribution >= 4 is 0 Å². The molecule has 1 nitrogen and oxygen atoms in total. The van der Waals surface area contributed by atoms with Crippen molar-refractivity contribution < 1.29 is 13.5 Å². The van der Waals surface area contributed by atoms with E-state index in [1.165, 1.54) is 37.7 Å². The van der Waals surface area contributed by atoms with Gasteiger partial charge < -0.3 is 4.74 Å². The predicted octanol–water partition coefficient (Wildman–Crippen LogP) is 6.71. The summed E-state index contributed by atoms with van der Waals surface area (Å²) in [6.45, 7) is -0.418. The lowest BCUT2D eigenvalue weighted by Gasteiger charge is -2.26. The molecule has 2 aromatic rings. The monoisotopic (exact) mass is 344 g/mol. The Morgan fingerprint density at radius 2 is 1.44 bits per heavy atom. The minimum atomic E-state index is -2.78. The summed E-state index contributed by atoms with van der Waals surface area (Å²) in [5.74, 6) is 1.99. The topological polar surface area (TPSA) is 9.23 Å². The van der Waals surface area contributed by atoms with Crippen molar-refractivity contribution in [2.24, 2.45) is 11.8 Å². The lowest BCUT2D eigenvalue weighted by Crippen LogP contribution is -2.12. The van der Waals surface area contributed by atoms with Crippen LogP contribution in [0.5, 0.6) is 5.75 Å². The second-order valence-electron chi connectivity index (χ2n) is 7.26. The first-order chi connectivity index (χ1) is 12.1. The van der Waals surface area contributed by atoms with E-state index in [1.807, 2.05) is 12.1 Å². The highest BCUT2D eigenvalue weighted by Crippen LogP contribution is 2.31. The maximum Gasteiger partial charge on any atom is 0.387 e. The van der Waals surface area contributed by atoms with Crippen molar-refractivity contribution in [3.05, 3.63) is 54.1 Å². The molecule has 25 heavy (non-hydrogen) atoms. The highest BCUT2D eigenvalue weighted by atomic mass is 19.3. The lowest BCUT2D eigenvalue weighted by atomic mass is 9.80. The van der Waals surface area contributed by atoms with Crippen molar-refractivity contribution in [1.82, 2.24) is 0 Å². The van der Waals surface area contributed by atoms with Gasteiger partial charge in [-0.05, 0) is 53.5 Å². The van der Waals surface area contributed by atoms with Gasteiger partial charge in [-0.3, -0.25) is 0 Å². The summed E-state index contributed by atoms with van der Waals surface area (Å²) in [5, 5.41) is 0. The van der Waals surface area contributed by atoms with Gasteiger partial charge in [0.15, 0.2) is 0 Å². The van der Waals surface area contributed by atoms with Crippen molar-refractivity contribution in [2.75, 3.05) is 0 Å². The van der Waals surface area contributed by atoms with Crippen LogP contribution in [0, 0.1) is 11.8 Å². The molecule has 0 atom stereocenters. The Bertz CT molecular complexity index is 641. The van der Waals surface area contributed by atoms with E-state index in [-0.39, 0.29) is 5.75 Å². The molecule has 0 saturated heterocycles. The Hall–Kier alpha value is -1.90. The zero-order valence-electron chi connectivity index (χ0n) is 14.8. The minimum absolute atomic E-state index is 0.192. The number of hydrogen-bond acceptors (Lipinski definition) is 1. The van der Waals surface area contributed by atoms with E-state index in [2.05, 4.69) is 35.9 Å². The predicted molar refractivity (Wildman–Crippen MR) is 98.0 cm³/mol. The fraction of sp³-hybridized carbons (Fsp3) is 0.455. The van der Waals surface area contributed by atoms with E-state index >= 15 is 0 Å². The van der Waals surface area contributed by atoms with E-state index < -0.39 is 6.61 Å². The zero-order valence-corrected chi connectivity index (χ0v) is 14.8. The molecule has 0 spiro atoms. The van der Waals surface area contributed by atoms with Crippen LogP contribution in [0.15, 0.2) is 48.5 Å². The van der Waals surface area contributed by atoms with Crippen molar-refractivity contribution in [2.45, 2.75) is 52.1 Å². The van der Waals surface area contributed by atoms with Crippen LogP contribution in [-0.2, 0) is 6.42 Å². The van der Waals surface area contributed by atoms with Gasteiger partial charge in [-0.25, -0.2) is 0 Å². The highest BCUT2D eigenvalue weighted by molar-refractivity contribution is 5.64. The average molecular weight is 344 g/mol. The summed E-state index contributed by atoms with van der Waals surface area (Å²) >= 11 is 0. The third kappa shape index (κ3) is 5.29. The number of rotatable bonds is 6. The lowest BCUT2D eigenvalue weighted by molar-refractivity contribution is -0.0498. The number of halogens is 2. The fourth-order valence-corrected chi connectivity index (χ4v) is 3.68. The van der Waals surface area contributed by atoms with E-state index in [0.29, 0.717) is 0 Å². The Kier molecular flexibility index (Phi) is 6.06. The second-order valence-corrected chi connectivity index (χ2v) is 7.26. The van der Waals surface area contributed by atoms with Crippen LogP contribution in [0.3, 0.4) is 0 Å². The molecule has 1 fully saturated rings. The second kappa shape index (κ2) is 8.46. The first kappa shape index (κ1) is 17.9. The van der Waals surface area contributed by atoms with Gasteiger partial charge in [0, 0.05) is 0 Å². The van der Waals surface area contributed by atoms with Crippen LogP contribution in [0.1, 0.15) is 44.6 Å². The number of benzene rings is 2. The largest absolute Gasteiger partial charge is 0.435 e. The van der Waals surface area contributed by atoms with Crippen LogP contribution in [0.25, 0.3) is 11.1 Å². The Morgan fingerprint density at radius 1 is 0.880 bits per heavy atom. The molecule has 2 aromatic carbocycles. The van der Waals surface area contributed by atoms with Gasteiger partial charge in [-0.1, -0.05) is 69.0 Å². The molecule has 0 amide bonds.